The van der Waals surface area contributed by atoms with Crippen LogP contribution in [0, 0.1) is 13.8 Å². The molecule has 0 fully saturated rings. The normalized spacial score (nSPS) is 10.9. The number of hydrogen-bond donors (Lipinski definition) is 1. The van der Waals surface area contributed by atoms with Gasteiger partial charge in [0.25, 0.3) is 0 Å². The van der Waals surface area contributed by atoms with Gasteiger partial charge in [0.05, 0.1) is 12.7 Å². The zero-order chi connectivity index (χ0) is 11.5. The fourth-order valence-corrected chi connectivity index (χ4v) is 1.62. The number of rotatable bonds is 4. The van der Waals surface area contributed by atoms with Gasteiger partial charge in [0.1, 0.15) is 11.5 Å². The molecular weight excluding hydrogens is 202 g/mol. The van der Waals surface area contributed by atoms with Crippen molar-refractivity contribution < 1.29 is 4.42 Å². The first-order valence-corrected chi connectivity index (χ1v) is 5.40. The molecular formula is C12H17N3O. The van der Waals surface area contributed by atoms with Crippen LogP contribution < -0.4 is 5.32 Å². The summed E-state index contributed by atoms with van der Waals surface area (Å²) >= 11 is 0. The van der Waals surface area contributed by atoms with Crippen LogP contribution in [0.3, 0.4) is 0 Å². The molecule has 2 heterocycles. The van der Waals surface area contributed by atoms with Crippen molar-refractivity contribution in [3.8, 4) is 0 Å². The van der Waals surface area contributed by atoms with Crippen LogP contribution in [0.5, 0.6) is 0 Å². The molecule has 16 heavy (non-hydrogen) atoms. The Morgan fingerprint density at radius 1 is 1.31 bits per heavy atom. The van der Waals surface area contributed by atoms with Gasteiger partial charge in [0.2, 0.25) is 0 Å². The first kappa shape index (κ1) is 11.0. The van der Waals surface area contributed by atoms with Crippen LogP contribution in [-0.4, -0.2) is 9.78 Å². The summed E-state index contributed by atoms with van der Waals surface area (Å²) in [6.45, 7) is 5.59. The lowest BCUT2D eigenvalue weighted by molar-refractivity contribution is 0.461. The first-order chi connectivity index (χ1) is 7.66. The van der Waals surface area contributed by atoms with Crippen LogP contribution >= 0.6 is 0 Å². The second kappa shape index (κ2) is 4.53. The minimum absolute atomic E-state index is 0.752. The van der Waals surface area contributed by atoms with E-state index in [1.54, 1.807) is 0 Å². The maximum Gasteiger partial charge on any atom is 0.117 e. The van der Waals surface area contributed by atoms with Crippen LogP contribution in [0.15, 0.2) is 22.7 Å². The number of aromatic nitrogens is 2. The van der Waals surface area contributed by atoms with Crippen LogP contribution in [0.4, 0.5) is 0 Å². The Hall–Kier alpha value is -1.55. The Balaban J connectivity index is 1.86. The quantitative estimate of drug-likeness (QED) is 0.854. The number of nitrogens with one attached hydrogen (secondary N) is 1. The van der Waals surface area contributed by atoms with Gasteiger partial charge in [-0.1, -0.05) is 0 Å². The van der Waals surface area contributed by atoms with E-state index < -0.39 is 0 Å². The molecule has 4 heteroatoms. The van der Waals surface area contributed by atoms with Crippen molar-refractivity contribution in [3.63, 3.8) is 0 Å². The average Bonchev–Trinajstić information content (AvgIpc) is 2.79. The third-order valence-electron chi connectivity index (χ3n) is 2.75. The summed E-state index contributed by atoms with van der Waals surface area (Å²) in [5.74, 6) is 1.92. The summed E-state index contributed by atoms with van der Waals surface area (Å²) < 4.78 is 7.36. The van der Waals surface area contributed by atoms with E-state index in [1.165, 1.54) is 11.3 Å². The number of aryl methyl sites for hydroxylation is 2. The maximum absolute atomic E-state index is 5.47. The summed E-state index contributed by atoms with van der Waals surface area (Å²) in [5, 5.41) is 7.54. The van der Waals surface area contributed by atoms with Crippen molar-refractivity contribution in [1.82, 2.24) is 15.1 Å². The molecule has 1 N–H and O–H groups in total. The van der Waals surface area contributed by atoms with Gasteiger partial charge in [0, 0.05) is 24.8 Å². The third kappa shape index (κ3) is 2.33. The highest BCUT2D eigenvalue weighted by Gasteiger charge is 2.03. The van der Waals surface area contributed by atoms with Gasteiger partial charge in [-0.3, -0.25) is 4.68 Å². The second-order valence-corrected chi connectivity index (χ2v) is 3.99. The SMILES string of the molecule is Cc1ccc(CNCc2cnn(C)c2C)o1. The molecule has 4 nitrogen and oxygen atoms in total. The average molecular weight is 219 g/mol. The van der Waals surface area contributed by atoms with Crippen LogP contribution in [0.25, 0.3) is 0 Å². The highest BCUT2D eigenvalue weighted by atomic mass is 16.3. The van der Waals surface area contributed by atoms with Crippen LogP contribution in [0.1, 0.15) is 22.8 Å². The minimum atomic E-state index is 0.752. The zero-order valence-corrected chi connectivity index (χ0v) is 9.95. The van der Waals surface area contributed by atoms with E-state index in [0.29, 0.717) is 0 Å². The number of furan rings is 1. The lowest BCUT2D eigenvalue weighted by Gasteiger charge is -2.02. The van der Waals surface area contributed by atoms with Crippen molar-refractivity contribution in [2.24, 2.45) is 7.05 Å². The fraction of sp³-hybridized carbons (Fsp3) is 0.417. The predicted molar refractivity (Wildman–Crippen MR) is 61.9 cm³/mol. The van der Waals surface area contributed by atoms with Gasteiger partial charge in [-0.25, -0.2) is 0 Å². The van der Waals surface area contributed by atoms with Crippen LogP contribution in [-0.2, 0) is 20.1 Å². The molecule has 2 rings (SSSR count). The number of hydrogen-bond acceptors (Lipinski definition) is 3. The molecule has 86 valence electrons. The van der Waals surface area contributed by atoms with Crippen LogP contribution in [0.2, 0.25) is 0 Å². The highest BCUT2D eigenvalue weighted by Crippen LogP contribution is 2.08. The van der Waals surface area contributed by atoms with Gasteiger partial charge < -0.3 is 9.73 Å². The summed E-state index contributed by atoms with van der Waals surface area (Å²) in [4.78, 5) is 0. The topological polar surface area (TPSA) is 43.0 Å². The summed E-state index contributed by atoms with van der Waals surface area (Å²) in [6, 6.07) is 3.98. The lowest BCUT2D eigenvalue weighted by Crippen LogP contribution is -2.12. The molecule has 0 saturated heterocycles. The molecule has 0 aliphatic rings. The molecule has 0 radical (unpaired) electrons. The van der Waals surface area contributed by atoms with Crippen molar-refractivity contribution >= 4 is 0 Å². The van der Waals surface area contributed by atoms with E-state index in [-0.39, 0.29) is 0 Å². The highest BCUT2D eigenvalue weighted by molar-refractivity contribution is 5.15. The summed E-state index contributed by atoms with van der Waals surface area (Å²) in [6.07, 6.45) is 1.90. The molecule has 0 aromatic carbocycles. The standard InChI is InChI=1S/C12H17N3O/c1-9-4-5-12(16-9)8-13-6-11-7-14-15(3)10(11)2/h4-5,7,13H,6,8H2,1-3H3. The monoisotopic (exact) mass is 219 g/mol. The number of nitrogens with zero attached hydrogens (tertiary/aromatic N) is 2. The Kier molecular flexibility index (Phi) is 3.10. The summed E-state index contributed by atoms with van der Waals surface area (Å²) in [7, 11) is 1.95. The van der Waals surface area contributed by atoms with Crippen molar-refractivity contribution in [1.29, 1.82) is 0 Å². The first-order valence-electron chi connectivity index (χ1n) is 5.40. The molecule has 0 saturated carbocycles. The van der Waals surface area contributed by atoms with E-state index >= 15 is 0 Å². The Bertz CT molecular complexity index is 470. The van der Waals surface area contributed by atoms with E-state index in [4.69, 9.17) is 4.42 Å². The van der Waals surface area contributed by atoms with E-state index in [0.717, 1.165) is 24.6 Å². The van der Waals surface area contributed by atoms with Crippen molar-refractivity contribution in [2.75, 3.05) is 0 Å². The van der Waals surface area contributed by atoms with Gasteiger partial charge in [-0.05, 0) is 26.0 Å². The van der Waals surface area contributed by atoms with E-state index in [9.17, 15) is 0 Å². The molecule has 0 aliphatic carbocycles. The Labute approximate surface area is 95.3 Å². The zero-order valence-electron chi connectivity index (χ0n) is 9.95. The predicted octanol–water partition coefficient (Wildman–Crippen LogP) is 1.92. The van der Waals surface area contributed by atoms with Gasteiger partial charge in [-0.2, -0.15) is 5.10 Å². The summed E-state index contributed by atoms with van der Waals surface area (Å²) in [5.41, 5.74) is 2.42. The smallest absolute Gasteiger partial charge is 0.117 e. The van der Waals surface area contributed by atoms with Crippen molar-refractivity contribution in [2.45, 2.75) is 26.9 Å². The minimum Gasteiger partial charge on any atom is -0.465 e. The Morgan fingerprint density at radius 3 is 2.69 bits per heavy atom. The van der Waals surface area contributed by atoms with Gasteiger partial charge >= 0.3 is 0 Å². The lowest BCUT2D eigenvalue weighted by atomic mass is 10.2. The fourth-order valence-electron chi connectivity index (χ4n) is 1.62. The Morgan fingerprint density at radius 2 is 2.12 bits per heavy atom. The molecule has 0 aliphatic heterocycles. The second-order valence-electron chi connectivity index (χ2n) is 3.99. The van der Waals surface area contributed by atoms with E-state index in [1.807, 2.05) is 37.0 Å². The van der Waals surface area contributed by atoms with Crippen molar-refractivity contribution in [3.05, 3.63) is 41.1 Å². The third-order valence-corrected chi connectivity index (χ3v) is 2.75. The molecule has 0 amide bonds. The molecule has 0 atom stereocenters. The van der Waals surface area contributed by atoms with Gasteiger partial charge in [0.15, 0.2) is 0 Å². The maximum atomic E-state index is 5.47. The van der Waals surface area contributed by atoms with Gasteiger partial charge in [-0.15, -0.1) is 0 Å². The molecule has 0 spiro atoms. The molecule has 0 bridgehead atoms. The molecule has 0 unspecified atom stereocenters. The largest absolute Gasteiger partial charge is 0.465 e. The molecule has 2 aromatic heterocycles. The van der Waals surface area contributed by atoms with E-state index in [2.05, 4.69) is 17.3 Å². The molecule has 2 aromatic rings.